The minimum Gasteiger partial charge on any atom is -0.496 e. The van der Waals surface area contributed by atoms with Crippen molar-refractivity contribution in [2.24, 2.45) is 0 Å². The Hall–Kier alpha value is -3.33. The number of aryl methyl sites for hydroxylation is 1. The number of benzene rings is 1. The molecule has 2 N–H and O–H groups in total. The molecule has 33 heavy (non-hydrogen) atoms. The van der Waals surface area contributed by atoms with Gasteiger partial charge in [0.1, 0.15) is 16.5 Å². The Morgan fingerprint density at radius 1 is 1.18 bits per heavy atom. The van der Waals surface area contributed by atoms with E-state index in [1.165, 1.54) is 6.07 Å². The molecule has 4 aromatic rings. The number of hydrogen-bond acceptors (Lipinski definition) is 5. The molecular weight excluding hydrogens is 455 g/mol. The van der Waals surface area contributed by atoms with E-state index in [9.17, 15) is 13.2 Å². The van der Waals surface area contributed by atoms with Gasteiger partial charge in [0.25, 0.3) is 0 Å². The maximum Gasteiger partial charge on any atom is 0.416 e. The number of alkyl halides is 3. The van der Waals surface area contributed by atoms with Crippen LogP contribution in [0.15, 0.2) is 36.7 Å². The molecular formula is C23H21ClF3N5O. The van der Waals surface area contributed by atoms with Crippen molar-refractivity contribution in [3.63, 3.8) is 0 Å². The third-order valence-corrected chi connectivity index (χ3v) is 5.76. The molecule has 0 saturated heterocycles. The molecule has 1 aromatic carbocycles. The summed E-state index contributed by atoms with van der Waals surface area (Å²) in [6.07, 6.45) is -0.679. The summed E-state index contributed by atoms with van der Waals surface area (Å²) >= 11 is 6.39. The Kier molecular flexibility index (Phi) is 5.92. The summed E-state index contributed by atoms with van der Waals surface area (Å²) in [5, 5.41) is 0.685. The number of nitrogen functional groups attached to an aromatic ring is 1. The van der Waals surface area contributed by atoms with Gasteiger partial charge in [-0.15, -0.1) is 0 Å². The average Bonchev–Trinajstić information content (AvgIpc) is 3.07. The zero-order valence-electron chi connectivity index (χ0n) is 18.2. The fourth-order valence-corrected chi connectivity index (χ4v) is 4.25. The van der Waals surface area contributed by atoms with Crippen molar-refractivity contribution >= 4 is 28.6 Å². The molecule has 3 aromatic heterocycles. The zero-order chi connectivity index (χ0) is 23.9. The number of anilines is 1. The van der Waals surface area contributed by atoms with Crippen LogP contribution < -0.4 is 10.5 Å². The standard InChI is InChI=1S/C23H21ClF3N5O/c1-12-9-29-17(13(2)19(12)33-3)11-32-10-15(18-20(24)30-22(28)31-21(18)32)7-14-5-4-6-16(8-14)23(25,26)27/h4-6,8-10H,7,11H2,1-3H3,(H2,28,30,31). The monoisotopic (exact) mass is 475 g/mol. The van der Waals surface area contributed by atoms with Gasteiger partial charge in [-0.25, -0.2) is 4.98 Å². The predicted molar refractivity (Wildman–Crippen MR) is 121 cm³/mol. The van der Waals surface area contributed by atoms with Crippen LogP contribution in [0.25, 0.3) is 11.0 Å². The lowest BCUT2D eigenvalue weighted by atomic mass is 10.0. The van der Waals surface area contributed by atoms with E-state index in [0.717, 1.165) is 34.7 Å². The van der Waals surface area contributed by atoms with Gasteiger partial charge in [0.15, 0.2) is 0 Å². The molecule has 0 radical (unpaired) electrons. The van der Waals surface area contributed by atoms with Gasteiger partial charge in [0.2, 0.25) is 5.95 Å². The number of methoxy groups -OCH3 is 1. The molecule has 10 heteroatoms. The molecule has 4 rings (SSSR count). The molecule has 0 aliphatic heterocycles. The van der Waals surface area contributed by atoms with E-state index in [0.29, 0.717) is 28.7 Å². The van der Waals surface area contributed by atoms with Crippen LogP contribution in [0.5, 0.6) is 5.75 Å². The lowest BCUT2D eigenvalue weighted by molar-refractivity contribution is -0.137. The highest BCUT2D eigenvalue weighted by molar-refractivity contribution is 6.34. The van der Waals surface area contributed by atoms with Crippen LogP contribution >= 0.6 is 11.6 Å². The molecule has 0 saturated carbocycles. The minimum absolute atomic E-state index is 0.00337. The lowest BCUT2D eigenvalue weighted by Gasteiger charge is -2.13. The van der Waals surface area contributed by atoms with Gasteiger partial charge < -0.3 is 15.0 Å². The van der Waals surface area contributed by atoms with E-state index in [2.05, 4.69) is 15.0 Å². The smallest absolute Gasteiger partial charge is 0.416 e. The van der Waals surface area contributed by atoms with Crippen LogP contribution in [0.4, 0.5) is 19.1 Å². The van der Waals surface area contributed by atoms with Gasteiger partial charge in [-0.05, 0) is 37.5 Å². The lowest BCUT2D eigenvalue weighted by Crippen LogP contribution is -2.07. The van der Waals surface area contributed by atoms with Crippen LogP contribution in [0.1, 0.15) is 33.5 Å². The number of aromatic nitrogens is 4. The second kappa shape index (κ2) is 8.55. The molecule has 172 valence electrons. The number of pyridine rings is 1. The molecule has 0 aliphatic carbocycles. The number of halogens is 4. The normalized spacial score (nSPS) is 11.8. The Labute approximate surface area is 193 Å². The Morgan fingerprint density at radius 3 is 2.64 bits per heavy atom. The largest absolute Gasteiger partial charge is 0.496 e. The highest BCUT2D eigenvalue weighted by Gasteiger charge is 2.30. The second-order valence-electron chi connectivity index (χ2n) is 7.77. The topological polar surface area (TPSA) is 78.8 Å². The minimum atomic E-state index is -4.42. The number of nitrogens with zero attached hydrogens (tertiary/aromatic N) is 4. The molecule has 0 spiro atoms. The summed E-state index contributed by atoms with van der Waals surface area (Å²) < 4.78 is 46.8. The van der Waals surface area contributed by atoms with Gasteiger partial charge in [-0.3, -0.25) is 4.98 Å². The Bertz CT molecular complexity index is 1350. The first-order valence-corrected chi connectivity index (χ1v) is 10.4. The number of nitrogens with two attached hydrogens (primary N) is 1. The summed E-state index contributed by atoms with van der Waals surface area (Å²) in [6, 6.07) is 5.20. The van der Waals surface area contributed by atoms with Crippen molar-refractivity contribution in [3.8, 4) is 5.75 Å². The van der Waals surface area contributed by atoms with Crippen molar-refractivity contribution in [2.45, 2.75) is 33.0 Å². The van der Waals surface area contributed by atoms with Crippen molar-refractivity contribution in [1.82, 2.24) is 19.5 Å². The van der Waals surface area contributed by atoms with Crippen LogP contribution in [-0.2, 0) is 19.1 Å². The SMILES string of the molecule is COc1c(C)cnc(Cn2cc(Cc3cccc(C(F)(F)F)c3)c3c(Cl)nc(N)nc32)c1C. The molecule has 3 heterocycles. The summed E-state index contributed by atoms with van der Waals surface area (Å²) in [7, 11) is 1.60. The first kappa shape index (κ1) is 22.8. The first-order chi connectivity index (χ1) is 15.6. The van der Waals surface area contributed by atoms with E-state index in [1.54, 1.807) is 25.6 Å². The quantitative estimate of drug-likeness (QED) is 0.394. The zero-order valence-corrected chi connectivity index (χ0v) is 18.9. The number of fused-ring (bicyclic) bond motifs is 1. The average molecular weight is 476 g/mol. The fourth-order valence-electron chi connectivity index (χ4n) is 3.96. The summed E-state index contributed by atoms with van der Waals surface area (Å²) in [6.45, 7) is 4.17. The highest BCUT2D eigenvalue weighted by Crippen LogP contribution is 2.33. The molecule has 0 aliphatic rings. The van der Waals surface area contributed by atoms with Crippen molar-refractivity contribution in [3.05, 3.63) is 75.3 Å². The van der Waals surface area contributed by atoms with Gasteiger partial charge in [-0.2, -0.15) is 18.2 Å². The third kappa shape index (κ3) is 4.45. The molecule has 0 amide bonds. The number of hydrogen-bond donors (Lipinski definition) is 1. The van der Waals surface area contributed by atoms with E-state index in [1.807, 2.05) is 18.4 Å². The van der Waals surface area contributed by atoms with Crippen molar-refractivity contribution in [2.75, 3.05) is 12.8 Å². The summed E-state index contributed by atoms with van der Waals surface area (Å²) in [5.74, 6) is 0.747. The molecule has 6 nitrogen and oxygen atoms in total. The van der Waals surface area contributed by atoms with Crippen LogP contribution in [0.2, 0.25) is 5.15 Å². The third-order valence-electron chi connectivity index (χ3n) is 5.49. The maximum atomic E-state index is 13.2. The van der Waals surface area contributed by atoms with Crippen LogP contribution in [0, 0.1) is 13.8 Å². The molecule has 0 fully saturated rings. The molecule has 0 unspecified atom stereocenters. The van der Waals surface area contributed by atoms with Gasteiger partial charge in [0.05, 0.1) is 30.3 Å². The van der Waals surface area contributed by atoms with E-state index in [4.69, 9.17) is 22.1 Å². The molecule has 0 bridgehead atoms. The summed E-state index contributed by atoms with van der Waals surface area (Å²) in [5.41, 5.74) is 9.33. The van der Waals surface area contributed by atoms with E-state index >= 15 is 0 Å². The van der Waals surface area contributed by atoms with E-state index < -0.39 is 11.7 Å². The molecule has 0 atom stereocenters. The van der Waals surface area contributed by atoms with Crippen molar-refractivity contribution in [1.29, 1.82) is 0 Å². The van der Waals surface area contributed by atoms with Crippen LogP contribution in [-0.4, -0.2) is 26.6 Å². The van der Waals surface area contributed by atoms with Crippen LogP contribution in [0.3, 0.4) is 0 Å². The highest BCUT2D eigenvalue weighted by atomic mass is 35.5. The van der Waals surface area contributed by atoms with Crippen molar-refractivity contribution < 1.29 is 17.9 Å². The van der Waals surface area contributed by atoms with E-state index in [-0.39, 0.29) is 17.5 Å². The number of rotatable bonds is 5. The summed E-state index contributed by atoms with van der Waals surface area (Å²) in [4.78, 5) is 12.9. The Morgan fingerprint density at radius 2 is 1.94 bits per heavy atom. The predicted octanol–water partition coefficient (Wildman–Crippen LogP) is 5.35. The van der Waals surface area contributed by atoms with Gasteiger partial charge in [0, 0.05) is 23.5 Å². The Balaban J connectivity index is 1.81. The first-order valence-electron chi connectivity index (χ1n) is 10.0. The number of ether oxygens (including phenoxy) is 1. The fraction of sp³-hybridized carbons (Fsp3) is 0.261. The maximum absolute atomic E-state index is 13.2. The van der Waals surface area contributed by atoms with Gasteiger partial charge >= 0.3 is 6.18 Å². The second-order valence-corrected chi connectivity index (χ2v) is 8.13. The van der Waals surface area contributed by atoms with Gasteiger partial charge in [-0.1, -0.05) is 29.8 Å².